The lowest BCUT2D eigenvalue weighted by Gasteiger charge is -2.25. The van der Waals surface area contributed by atoms with Gasteiger partial charge in [0.1, 0.15) is 34.8 Å². The lowest BCUT2D eigenvalue weighted by molar-refractivity contribution is -0.132. The maximum Gasteiger partial charge on any atom is 0.301 e. The third-order valence-corrected chi connectivity index (χ3v) is 7.42. The summed E-state index contributed by atoms with van der Waals surface area (Å²) in [5.41, 5.74) is 1.37. The Hall–Kier alpha value is -4.57. The standard InChI is InChI=1S/C29H26N2O7S/c1-5-38-17-8-6-16(7-9-17)26(32)24-25(20-14-18(35-2)11-13-22(20)37-4)31(28(34)27(24)33)29-30-21-12-10-19(36-3)15-23(21)39-29/h6-15,25,32H,5H2,1-4H3/b26-24+/t25-/m1/s1. The molecular weight excluding hydrogens is 520 g/mol. The average molecular weight is 547 g/mol. The molecule has 4 aromatic rings. The van der Waals surface area contributed by atoms with E-state index in [4.69, 9.17) is 18.9 Å². The van der Waals surface area contributed by atoms with Crippen LogP contribution in [0.5, 0.6) is 23.0 Å². The number of carbonyl (C=O) groups excluding carboxylic acids is 2. The number of methoxy groups -OCH3 is 3. The number of ether oxygens (including phenoxy) is 4. The number of rotatable bonds is 8. The van der Waals surface area contributed by atoms with Crippen LogP contribution in [0.25, 0.3) is 16.0 Å². The molecule has 0 aliphatic carbocycles. The second-order valence-electron chi connectivity index (χ2n) is 8.56. The average Bonchev–Trinajstić information content (AvgIpc) is 3.50. The molecule has 1 N–H and O–H groups in total. The monoisotopic (exact) mass is 546 g/mol. The molecule has 9 nitrogen and oxygen atoms in total. The van der Waals surface area contributed by atoms with Crippen LogP contribution in [0.15, 0.2) is 66.2 Å². The molecular formula is C29H26N2O7S. The van der Waals surface area contributed by atoms with Gasteiger partial charge in [-0.25, -0.2) is 4.98 Å². The topological polar surface area (TPSA) is 107 Å². The van der Waals surface area contributed by atoms with Gasteiger partial charge in [-0.15, -0.1) is 0 Å². The summed E-state index contributed by atoms with van der Waals surface area (Å²) in [6.45, 7) is 2.36. The van der Waals surface area contributed by atoms with Gasteiger partial charge in [-0.2, -0.15) is 0 Å². The molecule has 0 unspecified atom stereocenters. The number of amides is 1. The summed E-state index contributed by atoms with van der Waals surface area (Å²) in [5, 5.41) is 11.7. The molecule has 3 aromatic carbocycles. The van der Waals surface area contributed by atoms with E-state index in [1.807, 2.05) is 13.0 Å². The van der Waals surface area contributed by atoms with Crippen LogP contribution in [0.4, 0.5) is 5.13 Å². The minimum Gasteiger partial charge on any atom is -0.507 e. The molecule has 1 aromatic heterocycles. The van der Waals surface area contributed by atoms with E-state index in [1.54, 1.807) is 61.7 Å². The molecule has 0 bridgehead atoms. The fourth-order valence-corrected chi connectivity index (χ4v) is 5.55. The maximum absolute atomic E-state index is 13.6. The molecule has 1 saturated heterocycles. The number of nitrogens with zero attached hydrogens (tertiary/aromatic N) is 2. The Morgan fingerprint density at radius 2 is 1.59 bits per heavy atom. The third kappa shape index (κ3) is 4.63. The number of fused-ring (bicyclic) bond motifs is 1. The van der Waals surface area contributed by atoms with Crippen molar-refractivity contribution in [3.8, 4) is 23.0 Å². The molecule has 0 radical (unpaired) electrons. The van der Waals surface area contributed by atoms with Crippen LogP contribution >= 0.6 is 11.3 Å². The molecule has 1 aliphatic rings. The Kier molecular flexibility index (Phi) is 7.12. The molecule has 0 spiro atoms. The van der Waals surface area contributed by atoms with Crippen molar-refractivity contribution in [2.75, 3.05) is 32.8 Å². The van der Waals surface area contributed by atoms with Crippen LogP contribution in [-0.2, 0) is 9.59 Å². The number of hydrogen-bond donors (Lipinski definition) is 1. The number of thiazole rings is 1. The number of aliphatic hydroxyl groups excluding tert-OH is 1. The Bertz CT molecular complexity index is 1590. The molecule has 1 aliphatic heterocycles. The van der Waals surface area contributed by atoms with Crippen LogP contribution in [0.2, 0.25) is 0 Å². The Morgan fingerprint density at radius 1 is 0.923 bits per heavy atom. The predicted octanol–water partition coefficient (Wildman–Crippen LogP) is 5.35. The first-order valence-electron chi connectivity index (χ1n) is 12.1. The minimum atomic E-state index is -1.04. The first kappa shape index (κ1) is 26.1. The number of aromatic nitrogens is 1. The number of Topliss-reactive ketones (excluding diaryl/α,β-unsaturated/α-hetero) is 1. The van der Waals surface area contributed by atoms with Crippen molar-refractivity contribution >= 4 is 44.1 Å². The van der Waals surface area contributed by atoms with E-state index in [0.29, 0.717) is 51.4 Å². The summed E-state index contributed by atoms with van der Waals surface area (Å²) in [6, 6.07) is 16.1. The second-order valence-corrected chi connectivity index (χ2v) is 9.57. The number of benzene rings is 3. The van der Waals surface area contributed by atoms with E-state index in [1.165, 1.54) is 30.5 Å². The Morgan fingerprint density at radius 3 is 2.26 bits per heavy atom. The number of ketones is 1. The lowest BCUT2D eigenvalue weighted by atomic mass is 9.94. The minimum absolute atomic E-state index is 0.0902. The highest BCUT2D eigenvalue weighted by atomic mass is 32.1. The fourth-order valence-electron chi connectivity index (χ4n) is 4.53. The van der Waals surface area contributed by atoms with Crippen molar-refractivity contribution in [1.82, 2.24) is 4.98 Å². The van der Waals surface area contributed by atoms with Crippen LogP contribution in [-0.4, -0.2) is 49.7 Å². The number of aliphatic hydroxyl groups is 1. The zero-order valence-corrected chi connectivity index (χ0v) is 22.6. The number of carbonyl (C=O) groups is 2. The van der Waals surface area contributed by atoms with E-state index in [9.17, 15) is 14.7 Å². The largest absolute Gasteiger partial charge is 0.507 e. The van der Waals surface area contributed by atoms with Crippen molar-refractivity contribution in [3.63, 3.8) is 0 Å². The second kappa shape index (κ2) is 10.7. The molecule has 2 heterocycles. The van der Waals surface area contributed by atoms with E-state index in [0.717, 1.165) is 4.70 Å². The summed E-state index contributed by atoms with van der Waals surface area (Å²) < 4.78 is 22.7. The molecule has 1 amide bonds. The van der Waals surface area contributed by atoms with Gasteiger partial charge in [0.25, 0.3) is 5.78 Å². The van der Waals surface area contributed by atoms with Crippen LogP contribution in [0.3, 0.4) is 0 Å². The number of anilines is 1. The van der Waals surface area contributed by atoms with Crippen molar-refractivity contribution in [2.24, 2.45) is 0 Å². The molecule has 0 saturated carbocycles. The van der Waals surface area contributed by atoms with Gasteiger partial charge < -0.3 is 24.1 Å². The van der Waals surface area contributed by atoms with Crippen LogP contribution in [0.1, 0.15) is 24.1 Å². The summed E-state index contributed by atoms with van der Waals surface area (Å²) >= 11 is 1.24. The maximum atomic E-state index is 13.6. The summed E-state index contributed by atoms with van der Waals surface area (Å²) in [4.78, 5) is 33.1. The first-order valence-corrected chi connectivity index (χ1v) is 12.9. The van der Waals surface area contributed by atoms with Gasteiger partial charge in [-0.1, -0.05) is 11.3 Å². The van der Waals surface area contributed by atoms with Gasteiger partial charge in [0, 0.05) is 11.1 Å². The normalized spacial score (nSPS) is 16.5. The highest BCUT2D eigenvalue weighted by molar-refractivity contribution is 7.22. The SMILES string of the molecule is CCOc1ccc(/C(O)=C2\C(=O)C(=O)N(c3nc4ccc(OC)cc4s3)[C@@H]2c2cc(OC)ccc2OC)cc1. The van der Waals surface area contributed by atoms with Gasteiger partial charge in [0.15, 0.2) is 5.13 Å². The van der Waals surface area contributed by atoms with Crippen molar-refractivity contribution in [3.05, 3.63) is 77.4 Å². The molecule has 5 rings (SSSR count). The molecule has 200 valence electrons. The van der Waals surface area contributed by atoms with E-state index >= 15 is 0 Å². The fraction of sp³-hybridized carbons (Fsp3) is 0.207. The highest BCUT2D eigenvalue weighted by Gasteiger charge is 2.49. The van der Waals surface area contributed by atoms with Gasteiger partial charge in [0.05, 0.1) is 43.7 Å². The Balaban J connectivity index is 1.73. The van der Waals surface area contributed by atoms with Crippen molar-refractivity contribution < 1.29 is 33.6 Å². The predicted molar refractivity (Wildman–Crippen MR) is 148 cm³/mol. The molecule has 10 heteroatoms. The van der Waals surface area contributed by atoms with Gasteiger partial charge in [-0.05, 0) is 67.6 Å². The van der Waals surface area contributed by atoms with E-state index in [-0.39, 0.29) is 11.3 Å². The van der Waals surface area contributed by atoms with Gasteiger partial charge in [0.2, 0.25) is 0 Å². The summed E-state index contributed by atoms with van der Waals surface area (Å²) in [6.07, 6.45) is 0. The number of hydrogen-bond acceptors (Lipinski definition) is 9. The first-order chi connectivity index (χ1) is 18.9. The summed E-state index contributed by atoms with van der Waals surface area (Å²) in [7, 11) is 4.58. The van der Waals surface area contributed by atoms with E-state index < -0.39 is 17.7 Å². The third-order valence-electron chi connectivity index (χ3n) is 6.41. The van der Waals surface area contributed by atoms with Crippen LogP contribution < -0.4 is 23.8 Å². The van der Waals surface area contributed by atoms with E-state index in [2.05, 4.69) is 4.98 Å². The smallest absolute Gasteiger partial charge is 0.301 e. The van der Waals surface area contributed by atoms with Gasteiger partial charge in [-0.3, -0.25) is 14.5 Å². The zero-order valence-electron chi connectivity index (χ0n) is 21.8. The molecule has 1 fully saturated rings. The highest BCUT2D eigenvalue weighted by Crippen LogP contribution is 2.47. The molecule has 1 atom stereocenters. The van der Waals surface area contributed by atoms with Crippen molar-refractivity contribution in [1.29, 1.82) is 0 Å². The quantitative estimate of drug-likeness (QED) is 0.179. The van der Waals surface area contributed by atoms with Crippen LogP contribution in [0, 0.1) is 0 Å². The lowest BCUT2D eigenvalue weighted by Crippen LogP contribution is -2.29. The summed E-state index contributed by atoms with van der Waals surface area (Å²) in [5.74, 6) is 0.180. The molecule has 39 heavy (non-hydrogen) atoms. The Labute approximate surface area is 228 Å². The zero-order chi connectivity index (χ0) is 27.7. The van der Waals surface area contributed by atoms with Crippen molar-refractivity contribution in [2.45, 2.75) is 13.0 Å². The van der Waals surface area contributed by atoms with Gasteiger partial charge >= 0.3 is 5.91 Å².